The van der Waals surface area contributed by atoms with Crippen LogP contribution in [-0.2, 0) is 9.53 Å². The minimum atomic E-state index is -0.422. The van der Waals surface area contributed by atoms with E-state index in [4.69, 9.17) is 9.47 Å². The number of rotatable bonds is 10. The van der Waals surface area contributed by atoms with Gasteiger partial charge in [0.15, 0.2) is 6.61 Å². The molecule has 0 atom stereocenters. The van der Waals surface area contributed by atoms with Gasteiger partial charge in [-0.15, -0.1) is 0 Å². The fraction of sp³-hybridized carbons (Fsp3) is 0.333. The largest absolute Gasteiger partial charge is 0.494 e. The van der Waals surface area contributed by atoms with Crippen LogP contribution < -0.4 is 14.8 Å². The van der Waals surface area contributed by atoms with Crippen molar-refractivity contribution in [1.29, 1.82) is 0 Å². The summed E-state index contributed by atoms with van der Waals surface area (Å²) in [6.45, 7) is 2.74. The number of ether oxygens (including phenoxy) is 3. The summed E-state index contributed by atoms with van der Waals surface area (Å²) >= 11 is 0. The molecule has 0 radical (unpaired) electrons. The van der Waals surface area contributed by atoms with Gasteiger partial charge >= 0.3 is 5.97 Å². The molecule has 0 heterocycles. The summed E-state index contributed by atoms with van der Waals surface area (Å²) in [7, 11) is 1.32. The maximum Gasteiger partial charge on any atom is 0.337 e. The zero-order valence-electron chi connectivity index (χ0n) is 15.7. The average Bonchev–Trinajstić information content (AvgIpc) is 2.70. The van der Waals surface area contributed by atoms with Crippen molar-refractivity contribution in [1.82, 2.24) is 0 Å². The standard InChI is InChI=1S/C21H25NO5/c1-3-4-5-14-26-18-10-12-19(13-11-18)27-15-20(23)22-17-8-6-16(7-9-17)21(24)25-2/h6-13H,3-5,14-15H2,1-2H3,(H,22,23). The Balaban J connectivity index is 1.75. The zero-order valence-corrected chi connectivity index (χ0v) is 15.7. The molecule has 144 valence electrons. The number of hydrogen-bond acceptors (Lipinski definition) is 5. The second-order valence-electron chi connectivity index (χ2n) is 5.93. The van der Waals surface area contributed by atoms with Gasteiger partial charge in [0, 0.05) is 5.69 Å². The van der Waals surface area contributed by atoms with Crippen LogP contribution in [0.15, 0.2) is 48.5 Å². The quantitative estimate of drug-likeness (QED) is 0.504. The van der Waals surface area contributed by atoms with Gasteiger partial charge in [0.2, 0.25) is 0 Å². The minimum Gasteiger partial charge on any atom is -0.494 e. The molecule has 0 aliphatic heterocycles. The Kier molecular flexibility index (Phi) is 8.16. The molecule has 6 heteroatoms. The Morgan fingerprint density at radius 2 is 1.52 bits per heavy atom. The van der Waals surface area contributed by atoms with E-state index in [1.807, 2.05) is 12.1 Å². The summed E-state index contributed by atoms with van der Waals surface area (Å²) in [6.07, 6.45) is 3.35. The number of hydrogen-bond donors (Lipinski definition) is 1. The highest BCUT2D eigenvalue weighted by molar-refractivity contribution is 5.93. The Morgan fingerprint density at radius 1 is 0.889 bits per heavy atom. The second kappa shape index (κ2) is 10.9. The van der Waals surface area contributed by atoms with Crippen LogP contribution in [-0.4, -0.2) is 32.2 Å². The number of esters is 1. The first-order chi connectivity index (χ1) is 13.1. The smallest absolute Gasteiger partial charge is 0.337 e. The van der Waals surface area contributed by atoms with Crippen LogP contribution in [0.3, 0.4) is 0 Å². The van der Waals surface area contributed by atoms with Crippen LogP contribution in [0.1, 0.15) is 36.5 Å². The molecule has 0 bridgehead atoms. The number of methoxy groups -OCH3 is 1. The Labute approximate surface area is 159 Å². The van der Waals surface area contributed by atoms with Crippen LogP contribution in [0.2, 0.25) is 0 Å². The SMILES string of the molecule is CCCCCOc1ccc(OCC(=O)Nc2ccc(C(=O)OC)cc2)cc1. The summed E-state index contributed by atoms with van der Waals surface area (Å²) in [6, 6.07) is 13.6. The van der Waals surface area contributed by atoms with Crippen molar-refractivity contribution in [2.24, 2.45) is 0 Å². The summed E-state index contributed by atoms with van der Waals surface area (Å²) in [4.78, 5) is 23.4. The third-order valence-corrected chi connectivity index (χ3v) is 3.80. The van der Waals surface area contributed by atoms with Crippen LogP contribution in [0.4, 0.5) is 5.69 Å². The lowest BCUT2D eigenvalue weighted by atomic mass is 10.2. The minimum absolute atomic E-state index is 0.116. The highest BCUT2D eigenvalue weighted by Crippen LogP contribution is 2.18. The molecule has 0 saturated heterocycles. The normalized spacial score (nSPS) is 10.1. The van der Waals surface area contributed by atoms with E-state index in [0.29, 0.717) is 23.6 Å². The number of benzene rings is 2. The van der Waals surface area contributed by atoms with E-state index >= 15 is 0 Å². The molecule has 2 rings (SSSR count). The fourth-order valence-electron chi connectivity index (χ4n) is 2.33. The van der Waals surface area contributed by atoms with E-state index in [-0.39, 0.29) is 12.5 Å². The summed E-state index contributed by atoms with van der Waals surface area (Å²) in [5, 5.41) is 2.71. The molecular weight excluding hydrogens is 346 g/mol. The average molecular weight is 371 g/mol. The van der Waals surface area contributed by atoms with Crippen molar-refractivity contribution in [3.8, 4) is 11.5 Å². The van der Waals surface area contributed by atoms with Crippen molar-refractivity contribution in [3.63, 3.8) is 0 Å². The third kappa shape index (κ3) is 7.01. The van der Waals surface area contributed by atoms with Crippen molar-refractivity contribution in [2.75, 3.05) is 25.6 Å². The predicted octanol–water partition coefficient (Wildman–Crippen LogP) is 4.06. The number of unbranched alkanes of at least 4 members (excludes halogenated alkanes) is 2. The molecule has 0 unspecified atom stereocenters. The monoisotopic (exact) mass is 371 g/mol. The highest BCUT2D eigenvalue weighted by Gasteiger charge is 2.07. The fourth-order valence-corrected chi connectivity index (χ4v) is 2.33. The van der Waals surface area contributed by atoms with Crippen molar-refractivity contribution >= 4 is 17.6 Å². The van der Waals surface area contributed by atoms with E-state index in [2.05, 4.69) is 17.0 Å². The number of carbonyl (C=O) groups is 2. The van der Waals surface area contributed by atoms with E-state index in [9.17, 15) is 9.59 Å². The second-order valence-corrected chi connectivity index (χ2v) is 5.93. The van der Waals surface area contributed by atoms with E-state index in [1.165, 1.54) is 7.11 Å². The predicted molar refractivity (Wildman–Crippen MR) is 103 cm³/mol. The summed E-state index contributed by atoms with van der Waals surface area (Å²) in [5.74, 6) is 0.662. The first-order valence-corrected chi connectivity index (χ1v) is 8.96. The van der Waals surface area contributed by atoms with Crippen LogP contribution in [0.5, 0.6) is 11.5 Å². The van der Waals surface area contributed by atoms with Gasteiger partial charge in [-0.05, 0) is 55.0 Å². The Morgan fingerprint density at radius 3 is 2.11 bits per heavy atom. The summed E-state index contributed by atoms with van der Waals surface area (Å²) < 4.78 is 15.7. The van der Waals surface area contributed by atoms with Crippen molar-refractivity contribution < 1.29 is 23.8 Å². The maximum absolute atomic E-state index is 12.0. The molecule has 2 aromatic rings. The molecule has 0 aliphatic carbocycles. The lowest BCUT2D eigenvalue weighted by Gasteiger charge is -2.09. The molecular formula is C21H25NO5. The molecule has 0 aromatic heterocycles. The molecule has 1 amide bonds. The lowest BCUT2D eigenvalue weighted by Crippen LogP contribution is -2.20. The topological polar surface area (TPSA) is 73.9 Å². The van der Waals surface area contributed by atoms with E-state index < -0.39 is 5.97 Å². The van der Waals surface area contributed by atoms with Crippen LogP contribution in [0, 0.1) is 0 Å². The first kappa shape index (κ1) is 20.3. The molecule has 0 fully saturated rings. The summed E-state index contributed by atoms with van der Waals surface area (Å²) in [5.41, 5.74) is 0.996. The van der Waals surface area contributed by atoms with Gasteiger partial charge in [-0.2, -0.15) is 0 Å². The van der Waals surface area contributed by atoms with E-state index in [1.54, 1.807) is 36.4 Å². The molecule has 0 spiro atoms. The van der Waals surface area contributed by atoms with Crippen molar-refractivity contribution in [2.45, 2.75) is 26.2 Å². The first-order valence-electron chi connectivity index (χ1n) is 8.96. The van der Waals surface area contributed by atoms with Crippen LogP contribution in [0.25, 0.3) is 0 Å². The van der Waals surface area contributed by atoms with Crippen LogP contribution >= 0.6 is 0 Å². The Hall–Kier alpha value is -3.02. The molecule has 2 aromatic carbocycles. The molecule has 6 nitrogen and oxygen atoms in total. The van der Waals surface area contributed by atoms with Gasteiger partial charge in [-0.3, -0.25) is 4.79 Å². The number of amides is 1. The van der Waals surface area contributed by atoms with Gasteiger partial charge in [-0.1, -0.05) is 19.8 Å². The number of nitrogens with one attached hydrogen (secondary N) is 1. The lowest BCUT2D eigenvalue weighted by molar-refractivity contribution is -0.118. The van der Waals surface area contributed by atoms with Gasteiger partial charge in [-0.25, -0.2) is 4.79 Å². The van der Waals surface area contributed by atoms with Crippen molar-refractivity contribution in [3.05, 3.63) is 54.1 Å². The molecule has 0 aliphatic rings. The number of carbonyl (C=O) groups excluding carboxylic acids is 2. The number of anilines is 1. The molecule has 1 N–H and O–H groups in total. The Bertz CT molecular complexity index is 725. The van der Waals surface area contributed by atoms with E-state index in [0.717, 1.165) is 25.0 Å². The zero-order chi connectivity index (χ0) is 19.5. The molecule has 0 saturated carbocycles. The third-order valence-electron chi connectivity index (χ3n) is 3.80. The maximum atomic E-state index is 12.0. The highest BCUT2D eigenvalue weighted by atomic mass is 16.5. The van der Waals surface area contributed by atoms with Gasteiger partial charge in [0.25, 0.3) is 5.91 Å². The van der Waals surface area contributed by atoms with Gasteiger partial charge < -0.3 is 19.5 Å². The van der Waals surface area contributed by atoms with Gasteiger partial charge in [0.1, 0.15) is 11.5 Å². The molecule has 27 heavy (non-hydrogen) atoms. The van der Waals surface area contributed by atoms with Gasteiger partial charge in [0.05, 0.1) is 19.3 Å².